The van der Waals surface area contributed by atoms with E-state index in [4.69, 9.17) is 0 Å². The van der Waals surface area contributed by atoms with Crippen LogP contribution in [0, 0.1) is 11.6 Å². The Balaban J connectivity index is 2.22. The van der Waals surface area contributed by atoms with E-state index < -0.39 is 11.6 Å². The molecule has 1 nitrogen and oxygen atoms in total. The number of aromatic nitrogens is 1. The van der Waals surface area contributed by atoms with Crippen LogP contribution in [-0.2, 0) is 0 Å². The quantitative estimate of drug-likeness (QED) is 0.622. The van der Waals surface area contributed by atoms with Crippen molar-refractivity contribution in [1.82, 2.24) is 4.98 Å². The maximum Gasteiger partial charge on any atom is 0.168 e. The summed E-state index contributed by atoms with van der Waals surface area (Å²) in [5, 5.41) is 0.970. The van der Waals surface area contributed by atoms with E-state index in [2.05, 4.69) is 4.98 Å². The molecule has 2 aromatic carbocycles. The van der Waals surface area contributed by atoms with Gasteiger partial charge >= 0.3 is 0 Å². The number of halogens is 2. The van der Waals surface area contributed by atoms with Crippen molar-refractivity contribution in [3.63, 3.8) is 0 Å². The maximum atomic E-state index is 13.7. The zero-order valence-corrected chi connectivity index (χ0v) is 9.40. The van der Waals surface area contributed by atoms with E-state index in [0.717, 1.165) is 17.0 Å². The molecule has 0 saturated heterocycles. The van der Waals surface area contributed by atoms with Crippen molar-refractivity contribution < 1.29 is 8.78 Å². The van der Waals surface area contributed by atoms with E-state index in [9.17, 15) is 8.78 Å². The van der Waals surface area contributed by atoms with Crippen molar-refractivity contribution in [2.45, 2.75) is 0 Å². The molecule has 0 aliphatic rings. The molecule has 1 aromatic heterocycles. The molecule has 0 bridgehead atoms. The van der Waals surface area contributed by atoms with E-state index in [0.29, 0.717) is 5.69 Å². The lowest BCUT2D eigenvalue weighted by Gasteiger charge is -2.04. The summed E-state index contributed by atoms with van der Waals surface area (Å²) < 4.78 is 26.8. The van der Waals surface area contributed by atoms with Gasteiger partial charge in [-0.1, -0.05) is 30.3 Å². The first-order valence-corrected chi connectivity index (χ1v) is 5.56. The Morgan fingerprint density at radius 1 is 0.778 bits per heavy atom. The molecule has 0 aliphatic carbocycles. The fraction of sp³-hybridized carbons (Fsp3) is 0. The van der Waals surface area contributed by atoms with Gasteiger partial charge in [-0.3, -0.25) is 0 Å². The molecule has 0 radical (unpaired) electrons. The van der Waals surface area contributed by atoms with E-state index in [1.807, 2.05) is 30.3 Å². The second-order valence-electron chi connectivity index (χ2n) is 3.99. The van der Waals surface area contributed by atoms with Crippen LogP contribution < -0.4 is 0 Å². The summed E-state index contributed by atoms with van der Waals surface area (Å²) in [5.41, 5.74) is 1.38. The highest BCUT2D eigenvalue weighted by atomic mass is 19.2. The molecule has 18 heavy (non-hydrogen) atoms. The molecule has 1 heterocycles. The summed E-state index contributed by atoms with van der Waals surface area (Å²) in [6, 6.07) is 15.2. The van der Waals surface area contributed by atoms with Crippen LogP contribution in [0.25, 0.3) is 22.2 Å². The minimum atomic E-state index is -0.861. The number of nitrogens with zero attached hydrogens (tertiary/aromatic N) is 1. The molecule has 0 saturated carbocycles. The van der Waals surface area contributed by atoms with Crippen LogP contribution in [0.4, 0.5) is 8.78 Å². The first-order chi connectivity index (χ1) is 8.75. The summed E-state index contributed by atoms with van der Waals surface area (Å²) in [5.74, 6) is -1.72. The molecule has 0 spiro atoms. The minimum absolute atomic E-state index is 0.181. The predicted molar refractivity (Wildman–Crippen MR) is 67.1 cm³/mol. The van der Waals surface area contributed by atoms with Gasteiger partial charge in [0.15, 0.2) is 11.6 Å². The van der Waals surface area contributed by atoms with E-state index in [-0.39, 0.29) is 5.56 Å². The van der Waals surface area contributed by atoms with Crippen LogP contribution in [-0.4, -0.2) is 4.98 Å². The second kappa shape index (κ2) is 4.18. The van der Waals surface area contributed by atoms with E-state index in [1.54, 1.807) is 6.07 Å². The van der Waals surface area contributed by atoms with Crippen molar-refractivity contribution in [2.75, 3.05) is 0 Å². The molecule has 0 fully saturated rings. The Morgan fingerprint density at radius 3 is 2.50 bits per heavy atom. The van der Waals surface area contributed by atoms with Gasteiger partial charge < -0.3 is 0 Å². The molecule has 0 N–H and O–H groups in total. The van der Waals surface area contributed by atoms with Gasteiger partial charge in [0, 0.05) is 10.9 Å². The molecule has 88 valence electrons. The highest BCUT2D eigenvalue weighted by Gasteiger charge is 2.10. The number of fused-ring (bicyclic) bond motifs is 1. The van der Waals surface area contributed by atoms with Crippen LogP contribution in [0.5, 0.6) is 0 Å². The Labute approximate surface area is 103 Å². The maximum absolute atomic E-state index is 13.7. The third-order valence-electron chi connectivity index (χ3n) is 2.83. The van der Waals surface area contributed by atoms with Gasteiger partial charge in [-0.25, -0.2) is 13.8 Å². The lowest BCUT2D eigenvalue weighted by atomic mass is 10.1. The molecule has 3 heteroatoms. The molecule has 0 aliphatic heterocycles. The van der Waals surface area contributed by atoms with Gasteiger partial charge in [-0.2, -0.15) is 0 Å². The monoisotopic (exact) mass is 241 g/mol. The first kappa shape index (κ1) is 10.8. The average Bonchev–Trinajstić information content (AvgIpc) is 2.41. The predicted octanol–water partition coefficient (Wildman–Crippen LogP) is 4.18. The number of hydrogen-bond acceptors (Lipinski definition) is 1. The van der Waals surface area contributed by atoms with Crippen molar-refractivity contribution in [3.05, 3.63) is 66.2 Å². The molecule has 3 aromatic rings. The SMILES string of the molecule is Fc1cccc(-c2ccc3ccccc3n2)c1F. The molecule has 0 atom stereocenters. The number of para-hydroxylation sites is 1. The lowest BCUT2D eigenvalue weighted by Crippen LogP contribution is -1.91. The number of pyridine rings is 1. The molecule has 0 unspecified atom stereocenters. The third kappa shape index (κ3) is 1.74. The summed E-state index contributed by atoms with van der Waals surface area (Å²) >= 11 is 0. The third-order valence-corrected chi connectivity index (χ3v) is 2.83. The van der Waals surface area contributed by atoms with Crippen molar-refractivity contribution in [3.8, 4) is 11.3 Å². The standard InChI is InChI=1S/C15H9F2N/c16-12-6-3-5-11(15(12)17)14-9-8-10-4-1-2-7-13(10)18-14/h1-9H. The normalized spacial score (nSPS) is 10.8. The van der Waals surface area contributed by atoms with Crippen molar-refractivity contribution in [2.24, 2.45) is 0 Å². The summed E-state index contributed by atoms with van der Waals surface area (Å²) in [7, 11) is 0. The second-order valence-corrected chi connectivity index (χ2v) is 3.99. The fourth-order valence-electron chi connectivity index (χ4n) is 1.92. The molecule has 0 amide bonds. The van der Waals surface area contributed by atoms with Gasteiger partial charge in [0.1, 0.15) is 0 Å². The highest BCUT2D eigenvalue weighted by molar-refractivity contribution is 5.81. The van der Waals surface area contributed by atoms with E-state index >= 15 is 0 Å². The number of rotatable bonds is 1. The Morgan fingerprint density at radius 2 is 1.61 bits per heavy atom. The Bertz CT molecular complexity index is 723. The highest BCUT2D eigenvalue weighted by Crippen LogP contribution is 2.24. The van der Waals surface area contributed by atoms with Crippen molar-refractivity contribution >= 4 is 10.9 Å². The zero-order chi connectivity index (χ0) is 12.5. The van der Waals surface area contributed by atoms with Crippen molar-refractivity contribution in [1.29, 1.82) is 0 Å². The average molecular weight is 241 g/mol. The van der Waals surface area contributed by atoms with Gasteiger partial charge in [-0.15, -0.1) is 0 Å². The fourth-order valence-corrected chi connectivity index (χ4v) is 1.92. The topological polar surface area (TPSA) is 12.9 Å². The van der Waals surface area contributed by atoms with Gasteiger partial charge in [0.05, 0.1) is 11.2 Å². The summed E-state index contributed by atoms with van der Waals surface area (Å²) in [6.45, 7) is 0. The van der Waals surface area contributed by atoms with E-state index in [1.165, 1.54) is 12.1 Å². The smallest absolute Gasteiger partial charge is 0.168 e. The molecule has 3 rings (SSSR count). The zero-order valence-electron chi connectivity index (χ0n) is 9.40. The van der Waals surface area contributed by atoms with Crippen LogP contribution in [0.1, 0.15) is 0 Å². The van der Waals surface area contributed by atoms with Gasteiger partial charge in [-0.05, 0) is 24.3 Å². The number of benzene rings is 2. The summed E-state index contributed by atoms with van der Waals surface area (Å²) in [6.07, 6.45) is 0. The van der Waals surface area contributed by atoms with Crippen LogP contribution in [0.2, 0.25) is 0 Å². The number of hydrogen-bond donors (Lipinski definition) is 0. The van der Waals surface area contributed by atoms with Gasteiger partial charge in [0.25, 0.3) is 0 Å². The lowest BCUT2D eigenvalue weighted by molar-refractivity contribution is 0.511. The largest absolute Gasteiger partial charge is 0.248 e. The first-order valence-electron chi connectivity index (χ1n) is 5.56. The van der Waals surface area contributed by atoms with Crippen LogP contribution >= 0.6 is 0 Å². The Kier molecular flexibility index (Phi) is 2.52. The van der Waals surface area contributed by atoms with Crippen LogP contribution in [0.15, 0.2) is 54.6 Å². The Hall–Kier alpha value is -2.29. The molecular weight excluding hydrogens is 232 g/mol. The minimum Gasteiger partial charge on any atom is -0.248 e. The molecular formula is C15H9F2N. The van der Waals surface area contributed by atoms with Gasteiger partial charge in [0.2, 0.25) is 0 Å². The summed E-state index contributed by atoms with van der Waals surface area (Å²) in [4.78, 5) is 4.34. The van der Waals surface area contributed by atoms with Crippen LogP contribution in [0.3, 0.4) is 0 Å².